The zero-order chi connectivity index (χ0) is 13.8. The van der Waals surface area contributed by atoms with E-state index < -0.39 is 0 Å². The molecule has 1 aromatic carbocycles. The molecule has 0 atom stereocenters. The molecule has 19 heavy (non-hydrogen) atoms. The Kier molecular flexibility index (Phi) is 4.13. The summed E-state index contributed by atoms with van der Waals surface area (Å²) in [6, 6.07) is 7.85. The predicted octanol–water partition coefficient (Wildman–Crippen LogP) is 3.78. The summed E-state index contributed by atoms with van der Waals surface area (Å²) in [6.07, 6.45) is 9.21. The highest BCUT2D eigenvalue weighted by Crippen LogP contribution is 2.32. The first-order chi connectivity index (χ1) is 9.13. The van der Waals surface area contributed by atoms with Gasteiger partial charge in [0.05, 0.1) is 0 Å². The molecule has 0 unspecified atom stereocenters. The lowest BCUT2D eigenvalue weighted by Gasteiger charge is -2.27. The lowest BCUT2D eigenvalue weighted by atomic mass is 10.1. The molecule has 1 aliphatic rings. The van der Waals surface area contributed by atoms with E-state index in [0.717, 1.165) is 27.2 Å². The van der Waals surface area contributed by atoms with Gasteiger partial charge in [-0.05, 0) is 57.9 Å². The molecule has 0 aliphatic carbocycles. The van der Waals surface area contributed by atoms with Crippen LogP contribution in [0.3, 0.4) is 0 Å². The summed E-state index contributed by atoms with van der Waals surface area (Å²) in [5.41, 5.74) is 3.13. The van der Waals surface area contributed by atoms with Crippen LogP contribution in [0.25, 0.3) is 5.70 Å². The van der Waals surface area contributed by atoms with Crippen LogP contribution < -0.4 is 4.74 Å². The second kappa shape index (κ2) is 5.81. The topological polar surface area (TPSA) is 12.5 Å². The van der Waals surface area contributed by atoms with Gasteiger partial charge in [0.15, 0.2) is 0 Å². The maximum absolute atomic E-state index is 5.36. The standard InChI is InChI=1S/C16H14BrNO/c1-4-11-19-14-7-5-13(6-8-14)16-10-9-15(17)12(2)18(16)3/h1,5-10H,2,11H2,3H3. The van der Waals surface area contributed by atoms with Crippen molar-refractivity contribution in [2.45, 2.75) is 0 Å². The molecule has 0 amide bonds. The summed E-state index contributed by atoms with van der Waals surface area (Å²) < 4.78 is 6.35. The molecular formula is C16H14BrNO. The predicted molar refractivity (Wildman–Crippen MR) is 82.7 cm³/mol. The van der Waals surface area contributed by atoms with Crippen LogP contribution in [-0.4, -0.2) is 18.6 Å². The first-order valence-electron chi connectivity index (χ1n) is 5.80. The Bertz CT molecular complexity index is 590. The number of hydrogen-bond acceptors (Lipinski definition) is 2. The van der Waals surface area contributed by atoms with Gasteiger partial charge < -0.3 is 9.64 Å². The molecule has 0 fully saturated rings. The maximum atomic E-state index is 5.36. The fourth-order valence-corrected chi connectivity index (χ4v) is 2.20. The van der Waals surface area contributed by atoms with Gasteiger partial charge in [-0.25, -0.2) is 0 Å². The van der Waals surface area contributed by atoms with Crippen molar-refractivity contribution in [3.63, 3.8) is 0 Å². The second-order valence-corrected chi connectivity index (χ2v) is 4.94. The Hall–Kier alpha value is -1.92. The number of allylic oxidation sites excluding steroid dienone is 3. The van der Waals surface area contributed by atoms with E-state index in [1.54, 1.807) is 0 Å². The average Bonchev–Trinajstić information content (AvgIpc) is 2.44. The van der Waals surface area contributed by atoms with Crippen molar-refractivity contribution < 1.29 is 4.74 Å². The summed E-state index contributed by atoms with van der Waals surface area (Å²) in [5, 5.41) is 0. The van der Waals surface area contributed by atoms with Gasteiger partial charge in [0.2, 0.25) is 0 Å². The molecule has 0 saturated heterocycles. The molecular weight excluding hydrogens is 302 g/mol. The number of likely N-dealkylation sites (N-methyl/N-ethyl adjacent to an activating group) is 1. The summed E-state index contributed by atoms with van der Waals surface area (Å²) >= 11 is 3.47. The highest BCUT2D eigenvalue weighted by Gasteiger charge is 2.15. The van der Waals surface area contributed by atoms with Crippen LogP contribution in [0.4, 0.5) is 0 Å². The SMILES string of the molecule is C#CCOc1ccc(C2=CC=C(Br)C(=C)N2C)cc1. The van der Waals surface area contributed by atoms with Gasteiger partial charge in [-0.2, -0.15) is 0 Å². The van der Waals surface area contributed by atoms with Gasteiger partial charge in [-0.1, -0.05) is 12.5 Å². The number of terminal acetylenes is 1. The van der Waals surface area contributed by atoms with Crippen LogP contribution in [0, 0.1) is 12.3 Å². The lowest BCUT2D eigenvalue weighted by Crippen LogP contribution is -2.17. The fourth-order valence-electron chi connectivity index (χ4n) is 1.80. The van der Waals surface area contributed by atoms with Gasteiger partial charge in [-0.15, -0.1) is 6.42 Å². The second-order valence-electron chi connectivity index (χ2n) is 4.09. The van der Waals surface area contributed by atoms with Gasteiger partial charge >= 0.3 is 0 Å². The molecule has 0 N–H and O–H groups in total. The number of ether oxygens (including phenoxy) is 1. The summed E-state index contributed by atoms with van der Waals surface area (Å²) in [7, 11) is 1.99. The third-order valence-electron chi connectivity index (χ3n) is 2.90. The van der Waals surface area contributed by atoms with Gasteiger partial charge in [0.1, 0.15) is 12.4 Å². The van der Waals surface area contributed by atoms with Crippen molar-refractivity contribution in [3.05, 3.63) is 58.7 Å². The molecule has 1 aromatic rings. The summed E-state index contributed by atoms with van der Waals surface area (Å²) in [4.78, 5) is 2.04. The van der Waals surface area contributed by atoms with E-state index in [9.17, 15) is 0 Å². The van der Waals surface area contributed by atoms with Crippen molar-refractivity contribution in [1.29, 1.82) is 0 Å². The zero-order valence-corrected chi connectivity index (χ0v) is 12.3. The van der Waals surface area contributed by atoms with Crippen molar-refractivity contribution in [1.82, 2.24) is 4.90 Å². The Balaban J connectivity index is 2.23. The molecule has 2 nitrogen and oxygen atoms in total. The van der Waals surface area contributed by atoms with Gasteiger partial charge in [0, 0.05) is 22.9 Å². The van der Waals surface area contributed by atoms with E-state index in [1.807, 2.05) is 42.3 Å². The quantitative estimate of drug-likeness (QED) is 0.787. The Morgan fingerprint density at radius 1 is 1.32 bits per heavy atom. The summed E-state index contributed by atoms with van der Waals surface area (Å²) in [5.74, 6) is 3.22. The molecule has 0 spiro atoms. The summed E-state index contributed by atoms with van der Waals surface area (Å²) in [6.45, 7) is 4.32. The van der Waals surface area contributed by atoms with E-state index in [-0.39, 0.29) is 6.61 Å². The Labute approximate surface area is 122 Å². The van der Waals surface area contributed by atoms with E-state index in [0.29, 0.717) is 0 Å². The zero-order valence-electron chi connectivity index (χ0n) is 10.7. The number of halogens is 1. The van der Waals surface area contributed by atoms with Gasteiger partial charge in [0.25, 0.3) is 0 Å². The Morgan fingerprint density at radius 3 is 2.63 bits per heavy atom. The minimum absolute atomic E-state index is 0.286. The fraction of sp³-hybridized carbons (Fsp3) is 0.125. The molecule has 1 heterocycles. The molecule has 0 radical (unpaired) electrons. The Morgan fingerprint density at radius 2 is 2.00 bits per heavy atom. The minimum atomic E-state index is 0.286. The third kappa shape index (κ3) is 2.91. The first-order valence-corrected chi connectivity index (χ1v) is 6.60. The van der Waals surface area contributed by atoms with Gasteiger partial charge in [-0.3, -0.25) is 0 Å². The molecule has 0 bridgehead atoms. The highest BCUT2D eigenvalue weighted by molar-refractivity contribution is 9.12. The number of rotatable bonds is 3. The maximum Gasteiger partial charge on any atom is 0.148 e. The monoisotopic (exact) mass is 315 g/mol. The largest absolute Gasteiger partial charge is 0.481 e. The molecule has 1 aliphatic heterocycles. The van der Waals surface area contributed by atoms with E-state index in [4.69, 9.17) is 11.2 Å². The van der Waals surface area contributed by atoms with Crippen LogP contribution in [0.1, 0.15) is 5.56 Å². The minimum Gasteiger partial charge on any atom is -0.481 e. The third-order valence-corrected chi connectivity index (χ3v) is 3.62. The lowest BCUT2D eigenvalue weighted by molar-refractivity contribution is 0.370. The number of hydrogen-bond donors (Lipinski definition) is 0. The van der Waals surface area contributed by atoms with Crippen LogP contribution in [-0.2, 0) is 0 Å². The van der Waals surface area contributed by atoms with E-state index in [2.05, 4.69) is 34.5 Å². The van der Waals surface area contributed by atoms with E-state index >= 15 is 0 Å². The highest BCUT2D eigenvalue weighted by atomic mass is 79.9. The van der Waals surface area contributed by atoms with Crippen LogP contribution in [0.2, 0.25) is 0 Å². The molecule has 96 valence electrons. The van der Waals surface area contributed by atoms with Crippen LogP contribution in [0.15, 0.2) is 53.2 Å². The van der Waals surface area contributed by atoms with Crippen LogP contribution in [0.5, 0.6) is 5.75 Å². The molecule has 2 rings (SSSR count). The average molecular weight is 316 g/mol. The molecule has 0 aromatic heterocycles. The van der Waals surface area contributed by atoms with Crippen molar-refractivity contribution >= 4 is 21.6 Å². The van der Waals surface area contributed by atoms with E-state index in [1.165, 1.54) is 0 Å². The van der Waals surface area contributed by atoms with Crippen molar-refractivity contribution in [2.24, 2.45) is 0 Å². The van der Waals surface area contributed by atoms with Crippen molar-refractivity contribution in [2.75, 3.05) is 13.7 Å². The number of benzene rings is 1. The van der Waals surface area contributed by atoms with Crippen molar-refractivity contribution in [3.8, 4) is 18.1 Å². The number of nitrogens with zero attached hydrogens (tertiary/aromatic N) is 1. The first kappa shape index (κ1) is 13.5. The molecule has 0 saturated carbocycles. The normalized spacial score (nSPS) is 14.6. The molecule has 3 heteroatoms. The van der Waals surface area contributed by atoms with Crippen LogP contribution >= 0.6 is 15.9 Å². The smallest absolute Gasteiger partial charge is 0.148 e.